The molecule has 1 N–H and O–H groups in total. The van der Waals surface area contributed by atoms with Gasteiger partial charge >= 0.3 is 0 Å². The lowest BCUT2D eigenvalue weighted by Crippen LogP contribution is -2.25. The van der Waals surface area contributed by atoms with Crippen LogP contribution in [-0.2, 0) is 6.54 Å². The van der Waals surface area contributed by atoms with Gasteiger partial charge < -0.3 is 5.32 Å². The molecular weight excluding hydrogens is 278 g/mol. The van der Waals surface area contributed by atoms with E-state index in [9.17, 15) is 0 Å². The Morgan fingerprint density at radius 2 is 1.57 bits per heavy atom. The molecule has 0 heterocycles. The van der Waals surface area contributed by atoms with E-state index in [-0.39, 0.29) is 5.41 Å². The van der Waals surface area contributed by atoms with Gasteiger partial charge in [-0.3, -0.25) is 0 Å². The van der Waals surface area contributed by atoms with Crippen molar-refractivity contribution >= 4 is 11.6 Å². The molecule has 0 amide bonds. The molecule has 2 aromatic carbocycles. The van der Waals surface area contributed by atoms with Gasteiger partial charge in [-0.25, -0.2) is 0 Å². The molecular formula is C19H24ClN. The first-order chi connectivity index (χ1) is 9.96. The summed E-state index contributed by atoms with van der Waals surface area (Å²) in [5.74, 6) is 0. The SMILES string of the molecule is CC(C)(C)CC(NCc1ccccc1Cl)c1ccccc1. The van der Waals surface area contributed by atoms with E-state index in [1.54, 1.807) is 0 Å². The van der Waals surface area contributed by atoms with Crippen molar-refractivity contribution in [1.29, 1.82) is 0 Å². The fourth-order valence-electron chi connectivity index (χ4n) is 2.48. The van der Waals surface area contributed by atoms with E-state index < -0.39 is 0 Å². The third kappa shape index (κ3) is 5.18. The minimum Gasteiger partial charge on any atom is -0.306 e. The van der Waals surface area contributed by atoms with Crippen LogP contribution >= 0.6 is 11.6 Å². The molecule has 0 aliphatic rings. The van der Waals surface area contributed by atoms with Gasteiger partial charge in [0.2, 0.25) is 0 Å². The molecule has 0 bridgehead atoms. The lowest BCUT2D eigenvalue weighted by Gasteiger charge is -2.27. The molecule has 1 atom stereocenters. The molecule has 0 aromatic heterocycles. The normalized spacial score (nSPS) is 13.1. The highest BCUT2D eigenvalue weighted by molar-refractivity contribution is 6.31. The summed E-state index contributed by atoms with van der Waals surface area (Å²) in [6, 6.07) is 19.0. The lowest BCUT2D eigenvalue weighted by atomic mass is 9.85. The zero-order valence-electron chi connectivity index (χ0n) is 13.1. The molecule has 2 aromatic rings. The standard InChI is InChI=1S/C19H24ClN/c1-19(2,3)13-18(15-9-5-4-6-10-15)21-14-16-11-7-8-12-17(16)20/h4-12,18,21H,13-14H2,1-3H3. The molecule has 0 radical (unpaired) electrons. The minimum atomic E-state index is 0.272. The molecule has 0 saturated heterocycles. The zero-order chi connectivity index (χ0) is 15.3. The number of hydrogen-bond donors (Lipinski definition) is 1. The van der Waals surface area contributed by atoms with E-state index in [4.69, 9.17) is 11.6 Å². The molecule has 0 aliphatic carbocycles. The third-order valence-electron chi connectivity index (χ3n) is 3.52. The van der Waals surface area contributed by atoms with Gasteiger partial charge in [0.05, 0.1) is 0 Å². The maximum Gasteiger partial charge on any atom is 0.0450 e. The van der Waals surface area contributed by atoms with Crippen molar-refractivity contribution in [2.24, 2.45) is 5.41 Å². The fourth-order valence-corrected chi connectivity index (χ4v) is 2.68. The summed E-state index contributed by atoms with van der Waals surface area (Å²) in [4.78, 5) is 0. The largest absolute Gasteiger partial charge is 0.306 e. The van der Waals surface area contributed by atoms with Gasteiger partial charge in [0.25, 0.3) is 0 Å². The lowest BCUT2D eigenvalue weighted by molar-refractivity contribution is 0.310. The van der Waals surface area contributed by atoms with E-state index in [0.29, 0.717) is 6.04 Å². The molecule has 0 aliphatic heterocycles. The van der Waals surface area contributed by atoms with Crippen LogP contribution in [-0.4, -0.2) is 0 Å². The molecule has 1 nitrogen and oxygen atoms in total. The third-order valence-corrected chi connectivity index (χ3v) is 3.88. The van der Waals surface area contributed by atoms with E-state index in [1.807, 2.05) is 18.2 Å². The maximum absolute atomic E-state index is 6.25. The topological polar surface area (TPSA) is 12.0 Å². The Balaban J connectivity index is 2.11. The van der Waals surface area contributed by atoms with E-state index in [0.717, 1.165) is 23.6 Å². The average Bonchev–Trinajstić information content (AvgIpc) is 2.45. The van der Waals surface area contributed by atoms with Gasteiger partial charge in [-0.05, 0) is 29.0 Å². The van der Waals surface area contributed by atoms with Crippen molar-refractivity contribution in [2.45, 2.75) is 39.8 Å². The Kier molecular flexibility index (Phi) is 5.44. The Bertz CT molecular complexity index is 557. The van der Waals surface area contributed by atoms with Crippen molar-refractivity contribution in [1.82, 2.24) is 5.32 Å². The second kappa shape index (κ2) is 7.11. The number of halogens is 1. The van der Waals surface area contributed by atoms with E-state index in [1.165, 1.54) is 5.56 Å². The second-order valence-electron chi connectivity index (χ2n) is 6.70. The predicted molar refractivity (Wildman–Crippen MR) is 91.5 cm³/mol. The number of benzene rings is 2. The Labute approximate surface area is 133 Å². The van der Waals surface area contributed by atoms with Crippen LogP contribution in [0.15, 0.2) is 54.6 Å². The first-order valence-corrected chi connectivity index (χ1v) is 7.85. The van der Waals surface area contributed by atoms with Gasteiger partial charge in [-0.1, -0.05) is 80.9 Å². The van der Waals surface area contributed by atoms with E-state index in [2.05, 4.69) is 62.5 Å². The highest BCUT2D eigenvalue weighted by Gasteiger charge is 2.20. The van der Waals surface area contributed by atoms with Crippen molar-refractivity contribution < 1.29 is 0 Å². The van der Waals surface area contributed by atoms with Crippen LogP contribution in [0.3, 0.4) is 0 Å². The molecule has 112 valence electrons. The molecule has 0 spiro atoms. The van der Waals surface area contributed by atoms with Crippen LogP contribution in [0.5, 0.6) is 0 Å². The highest BCUT2D eigenvalue weighted by Crippen LogP contribution is 2.30. The Morgan fingerprint density at radius 1 is 0.952 bits per heavy atom. The summed E-state index contributed by atoms with van der Waals surface area (Å²) in [7, 11) is 0. The van der Waals surface area contributed by atoms with Crippen molar-refractivity contribution in [3.05, 3.63) is 70.7 Å². The highest BCUT2D eigenvalue weighted by atomic mass is 35.5. The first-order valence-electron chi connectivity index (χ1n) is 7.47. The smallest absolute Gasteiger partial charge is 0.0450 e. The van der Waals surface area contributed by atoms with Crippen LogP contribution in [0.1, 0.15) is 44.4 Å². The minimum absolute atomic E-state index is 0.272. The number of rotatable bonds is 5. The van der Waals surface area contributed by atoms with Crippen molar-refractivity contribution in [2.75, 3.05) is 0 Å². The van der Waals surface area contributed by atoms with Crippen LogP contribution in [0.4, 0.5) is 0 Å². The molecule has 21 heavy (non-hydrogen) atoms. The summed E-state index contributed by atoms with van der Waals surface area (Å²) >= 11 is 6.25. The Hall–Kier alpha value is -1.31. The first kappa shape index (κ1) is 16.1. The summed E-state index contributed by atoms with van der Waals surface area (Å²) in [6.07, 6.45) is 1.08. The van der Waals surface area contributed by atoms with Crippen LogP contribution < -0.4 is 5.32 Å². The van der Waals surface area contributed by atoms with Gasteiger partial charge in [0, 0.05) is 17.6 Å². The van der Waals surface area contributed by atoms with Gasteiger partial charge in [-0.2, -0.15) is 0 Å². The molecule has 0 saturated carbocycles. The summed E-state index contributed by atoms with van der Waals surface area (Å²) in [5, 5.41) is 4.49. The predicted octanol–water partition coefficient (Wildman–Crippen LogP) is 5.61. The molecule has 2 heteroatoms. The van der Waals surface area contributed by atoms with Gasteiger partial charge in [-0.15, -0.1) is 0 Å². The van der Waals surface area contributed by atoms with Crippen molar-refractivity contribution in [3.63, 3.8) is 0 Å². The summed E-state index contributed by atoms with van der Waals surface area (Å²) < 4.78 is 0. The van der Waals surface area contributed by atoms with Gasteiger partial charge in [0.1, 0.15) is 0 Å². The molecule has 0 fully saturated rings. The van der Waals surface area contributed by atoms with Crippen molar-refractivity contribution in [3.8, 4) is 0 Å². The number of hydrogen-bond acceptors (Lipinski definition) is 1. The molecule has 1 unspecified atom stereocenters. The van der Waals surface area contributed by atoms with Crippen LogP contribution in [0, 0.1) is 5.41 Å². The summed E-state index contributed by atoms with van der Waals surface area (Å²) in [5.41, 5.74) is 2.75. The maximum atomic E-state index is 6.25. The quantitative estimate of drug-likeness (QED) is 0.757. The van der Waals surface area contributed by atoms with E-state index >= 15 is 0 Å². The second-order valence-corrected chi connectivity index (χ2v) is 7.11. The molecule has 2 rings (SSSR count). The Morgan fingerprint density at radius 3 is 2.19 bits per heavy atom. The van der Waals surface area contributed by atoms with Crippen LogP contribution in [0.2, 0.25) is 5.02 Å². The fraction of sp³-hybridized carbons (Fsp3) is 0.368. The van der Waals surface area contributed by atoms with Gasteiger partial charge in [0.15, 0.2) is 0 Å². The average molecular weight is 302 g/mol. The summed E-state index contributed by atoms with van der Waals surface area (Å²) in [6.45, 7) is 7.62. The zero-order valence-corrected chi connectivity index (χ0v) is 13.8. The number of nitrogens with one attached hydrogen (secondary N) is 1. The van der Waals surface area contributed by atoms with Crippen LogP contribution in [0.25, 0.3) is 0 Å². The monoisotopic (exact) mass is 301 g/mol.